The van der Waals surface area contributed by atoms with E-state index in [4.69, 9.17) is 4.74 Å². The molecular weight excluding hydrogens is 383 g/mol. The summed E-state index contributed by atoms with van der Waals surface area (Å²) in [4.78, 5) is 13.6. The van der Waals surface area contributed by atoms with Crippen LogP contribution in [0.4, 0.5) is 13.2 Å². The summed E-state index contributed by atoms with van der Waals surface area (Å²) in [7, 11) is 0. The maximum absolute atomic E-state index is 13.3. The third-order valence-corrected chi connectivity index (χ3v) is 4.73. The molecule has 0 spiro atoms. The van der Waals surface area contributed by atoms with E-state index < -0.39 is 24.7 Å². The molecule has 2 N–H and O–H groups in total. The summed E-state index contributed by atoms with van der Waals surface area (Å²) in [5.74, 6) is 0.785. The van der Waals surface area contributed by atoms with Gasteiger partial charge in [0.1, 0.15) is 11.8 Å². The Labute approximate surface area is 163 Å². The average Bonchev–Trinajstić information content (AvgIpc) is 3.44. The molecule has 27 heavy (non-hydrogen) atoms. The predicted molar refractivity (Wildman–Crippen MR) is 98.5 cm³/mol. The Morgan fingerprint density at radius 2 is 1.85 bits per heavy atom. The molecule has 1 aromatic carbocycles. The van der Waals surface area contributed by atoms with Crippen LogP contribution in [0.5, 0.6) is 5.75 Å². The van der Waals surface area contributed by atoms with Crippen molar-refractivity contribution >= 4 is 18.3 Å². The first-order chi connectivity index (χ1) is 12.4. The molecule has 5 nitrogen and oxygen atoms in total. The second kappa shape index (κ2) is 9.61. The number of carbonyl (C=O) groups excluding carboxylic acids is 1. The molecule has 1 unspecified atom stereocenters. The minimum atomic E-state index is -4.38. The van der Waals surface area contributed by atoms with Gasteiger partial charge in [-0.2, -0.15) is 13.2 Å². The minimum Gasteiger partial charge on any atom is -0.493 e. The van der Waals surface area contributed by atoms with Crippen molar-refractivity contribution in [2.24, 2.45) is 5.92 Å². The molecule has 1 aliphatic heterocycles. The molecule has 0 bridgehead atoms. The summed E-state index contributed by atoms with van der Waals surface area (Å²) in [6.45, 7) is 1.87. The fourth-order valence-corrected chi connectivity index (χ4v) is 2.94. The molecule has 0 radical (unpaired) electrons. The average molecular weight is 408 g/mol. The Morgan fingerprint density at radius 3 is 2.41 bits per heavy atom. The fourth-order valence-electron chi connectivity index (χ4n) is 2.94. The van der Waals surface area contributed by atoms with Crippen molar-refractivity contribution in [1.29, 1.82) is 0 Å². The summed E-state index contributed by atoms with van der Waals surface area (Å²) >= 11 is 0. The molecule has 1 amide bonds. The van der Waals surface area contributed by atoms with Crippen LogP contribution in [0.15, 0.2) is 24.3 Å². The summed E-state index contributed by atoms with van der Waals surface area (Å²) in [5.41, 5.74) is 0.324. The fraction of sp³-hybridized carbons (Fsp3) is 0.611. The van der Waals surface area contributed by atoms with Crippen LogP contribution in [-0.2, 0) is 0 Å². The molecule has 2 fully saturated rings. The van der Waals surface area contributed by atoms with Gasteiger partial charge in [0, 0.05) is 38.3 Å². The summed E-state index contributed by atoms with van der Waals surface area (Å²) in [6, 6.07) is 4.83. The number of nitrogens with zero attached hydrogens (tertiary/aromatic N) is 1. The van der Waals surface area contributed by atoms with Gasteiger partial charge in [-0.25, -0.2) is 0 Å². The number of amides is 1. The van der Waals surface area contributed by atoms with Gasteiger partial charge >= 0.3 is 6.18 Å². The van der Waals surface area contributed by atoms with E-state index in [2.05, 4.69) is 10.6 Å². The number of alkyl halides is 3. The van der Waals surface area contributed by atoms with Crippen LogP contribution in [0.2, 0.25) is 0 Å². The van der Waals surface area contributed by atoms with Crippen LogP contribution in [0.25, 0.3) is 0 Å². The summed E-state index contributed by atoms with van der Waals surface area (Å²) in [5, 5.41) is 5.45. The van der Waals surface area contributed by atoms with Gasteiger partial charge in [-0.3, -0.25) is 9.69 Å². The monoisotopic (exact) mass is 407 g/mol. The number of benzene rings is 1. The highest BCUT2D eigenvalue weighted by Gasteiger charge is 2.43. The molecule has 1 atom stereocenters. The molecule has 1 saturated heterocycles. The maximum atomic E-state index is 13.3. The smallest absolute Gasteiger partial charge is 0.405 e. The minimum absolute atomic E-state index is 0. The Morgan fingerprint density at radius 1 is 1.22 bits per heavy atom. The quantitative estimate of drug-likeness (QED) is 0.729. The zero-order chi connectivity index (χ0) is 18.6. The molecular formula is C18H25ClF3N3O2. The highest BCUT2D eigenvalue weighted by Crippen LogP contribution is 2.29. The van der Waals surface area contributed by atoms with Gasteiger partial charge in [0.15, 0.2) is 0 Å². The van der Waals surface area contributed by atoms with E-state index in [1.54, 1.807) is 24.3 Å². The van der Waals surface area contributed by atoms with Crippen LogP contribution >= 0.6 is 12.4 Å². The van der Waals surface area contributed by atoms with Crippen molar-refractivity contribution in [3.63, 3.8) is 0 Å². The van der Waals surface area contributed by atoms with E-state index in [1.807, 2.05) is 0 Å². The number of piperazine rings is 1. The lowest BCUT2D eigenvalue weighted by atomic mass is 10.1. The van der Waals surface area contributed by atoms with E-state index in [1.165, 1.54) is 17.7 Å². The zero-order valence-electron chi connectivity index (χ0n) is 14.9. The highest BCUT2D eigenvalue weighted by atomic mass is 35.5. The topological polar surface area (TPSA) is 53.6 Å². The molecule has 1 heterocycles. The molecule has 152 valence electrons. The van der Waals surface area contributed by atoms with Crippen molar-refractivity contribution in [3.8, 4) is 5.75 Å². The zero-order valence-corrected chi connectivity index (χ0v) is 15.7. The van der Waals surface area contributed by atoms with Crippen LogP contribution in [0.1, 0.15) is 23.2 Å². The third kappa shape index (κ3) is 6.55. The Hall–Kier alpha value is -1.51. The molecule has 2 aliphatic rings. The first kappa shape index (κ1) is 21.8. The van der Waals surface area contributed by atoms with E-state index in [0.29, 0.717) is 50.0 Å². The van der Waals surface area contributed by atoms with Crippen LogP contribution < -0.4 is 15.4 Å². The number of hydrogen-bond donors (Lipinski definition) is 2. The van der Waals surface area contributed by atoms with Gasteiger partial charge in [0.2, 0.25) is 0 Å². The van der Waals surface area contributed by atoms with Crippen LogP contribution in [0, 0.1) is 5.92 Å². The summed E-state index contributed by atoms with van der Waals surface area (Å²) in [6.07, 6.45) is -2.01. The first-order valence-electron chi connectivity index (χ1n) is 8.96. The Kier molecular flexibility index (Phi) is 7.76. The Bertz CT molecular complexity index is 603. The van der Waals surface area contributed by atoms with Gasteiger partial charge in [0.05, 0.1) is 6.61 Å². The van der Waals surface area contributed by atoms with E-state index in [9.17, 15) is 18.0 Å². The van der Waals surface area contributed by atoms with Crippen LogP contribution in [0.3, 0.4) is 0 Å². The van der Waals surface area contributed by atoms with E-state index >= 15 is 0 Å². The number of carbonyl (C=O) groups is 1. The molecule has 1 aliphatic carbocycles. The first-order valence-corrected chi connectivity index (χ1v) is 8.96. The Balaban J connectivity index is 0.00000261. The van der Waals surface area contributed by atoms with Gasteiger partial charge in [-0.05, 0) is 43.0 Å². The van der Waals surface area contributed by atoms with Crippen molar-refractivity contribution in [2.45, 2.75) is 25.1 Å². The number of ether oxygens (including phenoxy) is 1. The largest absolute Gasteiger partial charge is 0.493 e. The number of rotatable bonds is 7. The lowest BCUT2D eigenvalue weighted by molar-refractivity contribution is -0.183. The van der Waals surface area contributed by atoms with E-state index in [0.717, 1.165) is 0 Å². The SMILES string of the molecule is Cl.O=C(NCC(N1CCNCC1)C(F)(F)F)c1ccc(OCC2CC2)cc1. The summed E-state index contributed by atoms with van der Waals surface area (Å²) < 4.78 is 45.6. The van der Waals surface area contributed by atoms with Crippen molar-refractivity contribution in [1.82, 2.24) is 15.5 Å². The second-order valence-electron chi connectivity index (χ2n) is 6.83. The molecule has 0 aromatic heterocycles. The van der Waals surface area contributed by atoms with Crippen LogP contribution in [-0.4, -0.2) is 62.4 Å². The van der Waals surface area contributed by atoms with E-state index in [-0.39, 0.29) is 12.4 Å². The number of halogens is 4. The molecule has 9 heteroatoms. The van der Waals surface area contributed by atoms with Crippen molar-refractivity contribution < 1.29 is 22.7 Å². The number of hydrogen-bond acceptors (Lipinski definition) is 4. The third-order valence-electron chi connectivity index (χ3n) is 4.73. The van der Waals surface area contributed by atoms with Gasteiger partial charge in [0.25, 0.3) is 5.91 Å². The highest BCUT2D eigenvalue weighted by molar-refractivity contribution is 5.94. The van der Waals surface area contributed by atoms with Gasteiger partial charge < -0.3 is 15.4 Å². The maximum Gasteiger partial charge on any atom is 0.405 e. The molecule has 1 saturated carbocycles. The predicted octanol–water partition coefficient (Wildman–Crippen LogP) is 2.46. The normalized spacial score (nSPS) is 19.1. The van der Waals surface area contributed by atoms with Gasteiger partial charge in [-0.1, -0.05) is 0 Å². The lowest BCUT2D eigenvalue weighted by Crippen LogP contribution is -2.57. The number of nitrogens with one attached hydrogen (secondary N) is 2. The van der Waals surface area contributed by atoms with Crippen molar-refractivity contribution in [2.75, 3.05) is 39.3 Å². The standard InChI is InChI=1S/C18H24F3N3O2.ClH/c19-18(20,21)16(24-9-7-22-8-10-24)11-23-17(25)14-3-5-15(6-4-14)26-12-13-1-2-13;/h3-6,13,16,22H,1-2,7-12H2,(H,23,25);1H. The molecule has 3 rings (SSSR count). The molecule has 1 aromatic rings. The second-order valence-corrected chi connectivity index (χ2v) is 6.83. The van der Waals surface area contributed by atoms with Crippen molar-refractivity contribution in [3.05, 3.63) is 29.8 Å². The lowest BCUT2D eigenvalue weighted by Gasteiger charge is -2.35. The van der Waals surface area contributed by atoms with Gasteiger partial charge in [-0.15, -0.1) is 12.4 Å².